The fourth-order valence-electron chi connectivity index (χ4n) is 5.51. The summed E-state index contributed by atoms with van der Waals surface area (Å²) in [5, 5.41) is 26.9. The van der Waals surface area contributed by atoms with Gasteiger partial charge in [-0.1, -0.05) is 81.8 Å². The zero-order valence-electron chi connectivity index (χ0n) is 23.1. The molecule has 0 spiro atoms. The molecule has 0 radical (unpaired) electrons. The van der Waals surface area contributed by atoms with E-state index in [1.165, 1.54) is 4.90 Å². The van der Waals surface area contributed by atoms with Crippen molar-refractivity contribution in [3.05, 3.63) is 70.7 Å². The van der Waals surface area contributed by atoms with E-state index in [1.54, 1.807) is 6.07 Å². The van der Waals surface area contributed by atoms with Crippen molar-refractivity contribution in [3.63, 3.8) is 0 Å². The average molecular weight is 558 g/mol. The largest absolute Gasteiger partial charge is 0.465 e. The predicted octanol–water partition coefficient (Wildman–Crippen LogP) is 4.76. The van der Waals surface area contributed by atoms with Crippen LogP contribution in [0.5, 0.6) is 0 Å². The van der Waals surface area contributed by atoms with Crippen LogP contribution in [0.4, 0.5) is 4.79 Å². The molecule has 1 saturated heterocycles. The summed E-state index contributed by atoms with van der Waals surface area (Å²) in [4.78, 5) is 40.3. The van der Waals surface area contributed by atoms with Crippen molar-refractivity contribution in [1.29, 1.82) is 0 Å². The highest BCUT2D eigenvalue weighted by molar-refractivity contribution is 6.30. The summed E-state index contributed by atoms with van der Waals surface area (Å²) in [5.41, 5.74) is 0.797. The molecule has 9 heteroatoms. The number of nitrogens with zero attached hydrogens (tertiary/aromatic N) is 1. The van der Waals surface area contributed by atoms with Crippen molar-refractivity contribution >= 4 is 29.5 Å². The maximum atomic E-state index is 13.9. The first-order valence-corrected chi connectivity index (χ1v) is 13.8. The molecule has 4 N–H and O–H groups in total. The zero-order valence-corrected chi connectivity index (χ0v) is 23.8. The second-order valence-corrected chi connectivity index (χ2v) is 11.7. The molecule has 2 aromatic rings. The highest BCUT2D eigenvalue weighted by Crippen LogP contribution is 2.43. The molecule has 1 aliphatic rings. The Morgan fingerprint density at radius 1 is 1.15 bits per heavy atom. The molecule has 0 bridgehead atoms. The van der Waals surface area contributed by atoms with Crippen molar-refractivity contribution in [2.45, 2.75) is 70.5 Å². The number of hydrogen-bond donors (Lipinski definition) is 4. The Balaban J connectivity index is 2.05. The summed E-state index contributed by atoms with van der Waals surface area (Å²) in [6.45, 7) is 7.99. The molecule has 1 fully saturated rings. The topological polar surface area (TPSA) is 119 Å². The zero-order chi connectivity index (χ0) is 28.7. The van der Waals surface area contributed by atoms with Crippen LogP contribution in [0.15, 0.2) is 54.6 Å². The van der Waals surface area contributed by atoms with Crippen molar-refractivity contribution in [2.75, 3.05) is 13.2 Å². The van der Waals surface area contributed by atoms with Crippen LogP contribution in [0.3, 0.4) is 0 Å². The Morgan fingerprint density at radius 3 is 2.38 bits per heavy atom. The Kier molecular flexibility index (Phi) is 10.4. The number of halogens is 1. The number of aliphatic hydroxyl groups is 1. The highest BCUT2D eigenvalue weighted by Gasteiger charge is 2.45. The Morgan fingerprint density at radius 2 is 1.85 bits per heavy atom. The summed E-state index contributed by atoms with van der Waals surface area (Å²) in [6, 6.07) is 14.2. The average Bonchev–Trinajstić information content (AvgIpc) is 3.29. The minimum Gasteiger partial charge on any atom is -0.465 e. The van der Waals surface area contributed by atoms with Crippen molar-refractivity contribution in [2.24, 2.45) is 11.8 Å². The van der Waals surface area contributed by atoms with E-state index < -0.39 is 35.5 Å². The van der Waals surface area contributed by atoms with Gasteiger partial charge in [0.05, 0.1) is 18.7 Å². The lowest BCUT2D eigenvalue weighted by Gasteiger charge is -2.45. The maximum absolute atomic E-state index is 13.9. The Labute approximate surface area is 235 Å². The van der Waals surface area contributed by atoms with E-state index in [9.17, 15) is 24.6 Å². The molecule has 3 amide bonds. The molecule has 212 valence electrons. The molecule has 3 rings (SSSR count). The van der Waals surface area contributed by atoms with Gasteiger partial charge < -0.3 is 20.8 Å². The van der Waals surface area contributed by atoms with Gasteiger partial charge in [0.1, 0.15) is 6.04 Å². The van der Waals surface area contributed by atoms with Gasteiger partial charge in [-0.25, -0.2) is 4.79 Å². The van der Waals surface area contributed by atoms with E-state index in [0.29, 0.717) is 18.0 Å². The number of carbonyl (C=O) groups excluding carboxylic acids is 2. The van der Waals surface area contributed by atoms with E-state index in [1.807, 2.05) is 76.2 Å². The van der Waals surface area contributed by atoms with Crippen LogP contribution in [0, 0.1) is 11.8 Å². The normalized spacial score (nSPS) is 17.8. The number of hydrogen-bond acceptors (Lipinski definition) is 4. The first-order chi connectivity index (χ1) is 18.4. The van der Waals surface area contributed by atoms with Crippen molar-refractivity contribution < 1.29 is 24.6 Å². The number of carbonyl (C=O) groups is 3. The van der Waals surface area contributed by atoms with Gasteiger partial charge in [0.25, 0.3) is 0 Å². The molecular formula is C30H40ClN3O5. The fraction of sp³-hybridized carbons (Fsp3) is 0.500. The molecular weight excluding hydrogens is 518 g/mol. The summed E-state index contributed by atoms with van der Waals surface area (Å²) in [7, 11) is 0. The summed E-state index contributed by atoms with van der Waals surface area (Å²) in [5.74, 6) is -0.894. The first-order valence-electron chi connectivity index (χ1n) is 13.5. The lowest BCUT2D eigenvalue weighted by molar-refractivity contribution is -0.130. The molecule has 0 saturated carbocycles. The number of carboxylic acid groups (broad SMARTS) is 1. The minimum absolute atomic E-state index is 0.00138. The van der Waals surface area contributed by atoms with Gasteiger partial charge in [-0.15, -0.1) is 0 Å². The molecule has 2 aromatic carbocycles. The second-order valence-electron chi connectivity index (χ2n) is 11.3. The molecule has 1 aliphatic heterocycles. The Hall–Kier alpha value is -3.10. The van der Waals surface area contributed by atoms with Gasteiger partial charge in [0, 0.05) is 22.9 Å². The van der Waals surface area contributed by atoms with Gasteiger partial charge in [-0.3, -0.25) is 14.5 Å². The molecule has 4 atom stereocenters. The van der Waals surface area contributed by atoms with Gasteiger partial charge in [0.2, 0.25) is 11.8 Å². The third-order valence-electron chi connectivity index (χ3n) is 7.50. The monoisotopic (exact) mass is 557 g/mol. The van der Waals surface area contributed by atoms with Crippen LogP contribution in [0.1, 0.15) is 64.1 Å². The number of rotatable bonds is 12. The number of benzene rings is 2. The summed E-state index contributed by atoms with van der Waals surface area (Å²) >= 11 is 6.33. The molecule has 1 heterocycles. The number of nitrogens with one attached hydrogen (secondary N) is 2. The van der Waals surface area contributed by atoms with E-state index >= 15 is 0 Å². The quantitative estimate of drug-likeness (QED) is 0.300. The number of aliphatic hydroxyl groups excluding tert-OH is 1. The van der Waals surface area contributed by atoms with Crippen LogP contribution in [0.2, 0.25) is 5.02 Å². The van der Waals surface area contributed by atoms with E-state index in [0.717, 1.165) is 11.1 Å². The smallest absolute Gasteiger partial charge is 0.408 e. The molecule has 8 nitrogen and oxygen atoms in total. The second kappa shape index (κ2) is 13.3. The van der Waals surface area contributed by atoms with Gasteiger partial charge in [-0.05, 0) is 48.4 Å². The lowest BCUT2D eigenvalue weighted by Crippen LogP contribution is -2.56. The van der Waals surface area contributed by atoms with Crippen LogP contribution in [-0.2, 0) is 15.0 Å². The first kappa shape index (κ1) is 30.4. The third kappa shape index (κ3) is 7.51. The van der Waals surface area contributed by atoms with Gasteiger partial charge >= 0.3 is 6.09 Å². The number of amides is 3. The van der Waals surface area contributed by atoms with Crippen LogP contribution in [0.25, 0.3) is 0 Å². The van der Waals surface area contributed by atoms with Crippen LogP contribution in [-0.4, -0.2) is 58.3 Å². The maximum Gasteiger partial charge on any atom is 0.408 e. The molecule has 0 aromatic heterocycles. The summed E-state index contributed by atoms with van der Waals surface area (Å²) < 4.78 is 0. The SMILES string of the molecule is CC(C)C[C@@H](C(=O)N[C@H](CO)C[C@@H]1CCNC1=O)N(C(=O)O)[C@H](c1ccccc1)C(C)(C)c1cccc(Cl)c1. The Bertz CT molecular complexity index is 1140. The minimum atomic E-state index is -1.23. The lowest BCUT2D eigenvalue weighted by atomic mass is 9.73. The van der Waals surface area contributed by atoms with Gasteiger partial charge in [0.15, 0.2) is 0 Å². The summed E-state index contributed by atoms with van der Waals surface area (Å²) in [6.07, 6.45) is -0.0393. The van der Waals surface area contributed by atoms with Crippen molar-refractivity contribution in [3.8, 4) is 0 Å². The fourth-order valence-corrected chi connectivity index (χ4v) is 5.70. The third-order valence-corrected chi connectivity index (χ3v) is 7.73. The van der Waals surface area contributed by atoms with Gasteiger partial charge in [-0.2, -0.15) is 0 Å². The van der Waals surface area contributed by atoms with E-state index in [-0.39, 0.29) is 37.2 Å². The van der Waals surface area contributed by atoms with Crippen LogP contribution >= 0.6 is 11.6 Å². The molecule has 0 unspecified atom stereocenters. The standard InChI is InChI=1S/C30H40ClN3O5/c1-19(2)15-25(28(37)33-24(18-35)16-21-13-14-32-27(21)36)34(29(38)39)26(20-9-6-5-7-10-20)30(3,4)22-11-8-12-23(31)17-22/h5-12,17,19,21,24-26,35H,13-16,18H2,1-4H3,(H,32,36)(H,33,37)(H,38,39)/t21-,24-,25-,26+/m0/s1. The molecule has 39 heavy (non-hydrogen) atoms. The van der Waals surface area contributed by atoms with E-state index in [2.05, 4.69) is 10.6 Å². The van der Waals surface area contributed by atoms with Crippen molar-refractivity contribution in [1.82, 2.24) is 15.5 Å². The van der Waals surface area contributed by atoms with E-state index in [4.69, 9.17) is 11.6 Å². The predicted molar refractivity (Wildman–Crippen MR) is 152 cm³/mol. The van der Waals surface area contributed by atoms with Crippen LogP contribution < -0.4 is 10.6 Å². The molecule has 0 aliphatic carbocycles. The highest BCUT2D eigenvalue weighted by atomic mass is 35.5.